The Bertz CT molecular complexity index is 95.8. The zero-order valence-electron chi connectivity index (χ0n) is 9.27. The van der Waals surface area contributed by atoms with Crippen LogP contribution in [-0.2, 0) is 0 Å². The third kappa shape index (κ3) is 5.65. The summed E-state index contributed by atoms with van der Waals surface area (Å²) in [5.41, 5.74) is 0. The van der Waals surface area contributed by atoms with Crippen LogP contribution in [0.25, 0.3) is 0 Å². The Morgan fingerprint density at radius 2 is 1.50 bits per heavy atom. The van der Waals surface area contributed by atoms with Crippen molar-refractivity contribution in [1.82, 2.24) is 0 Å². The lowest BCUT2D eigenvalue weighted by molar-refractivity contribution is -0.908. The van der Waals surface area contributed by atoms with Gasteiger partial charge in [0.1, 0.15) is 0 Å². The lowest BCUT2D eigenvalue weighted by atomic mass is 10.2. The molecule has 12 heavy (non-hydrogen) atoms. The lowest BCUT2D eigenvalue weighted by Gasteiger charge is -2.33. The molecule has 0 fully saturated rings. The minimum absolute atomic E-state index is 0. The molecule has 0 bridgehead atoms. The first-order valence-corrected chi connectivity index (χ1v) is 5.02. The first-order chi connectivity index (χ1) is 5.18. The summed E-state index contributed by atoms with van der Waals surface area (Å²) in [6, 6.07) is 0. The average Bonchev–Trinajstić information content (AvgIpc) is 2.02. The van der Waals surface area contributed by atoms with Crippen LogP contribution in [0.2, 0.25) is 0 Å². The highest BCUT2D eigenvalue weighted by Crippen LogP contribution is 2.06. The molecule has 1 nitrogen and oxygen atoms in total. The van der Waals surface area contributed by atoms with E-state index in [1.807, 2.05) is 0 Å². The number of hydrogen-bond acceptors (Lipinski definition) is 0. The van der Waals surface area contributed by atoms with E-state index in [0.717, 1.165) is 0 Å². The Labute approximate surface area is 80.3 Å². The zero-order valence-corrected chi connectivity index (χ0v) is 9.27. The summed E-state index contributed by atoms with van der Waals surface area (Å²) in [5.74, 6) is 0. The van der Waals surface area contributed by atoms with E-state index >= 15 is 0 Å². The predicted molar refractivity (Wildman–Crippen MR) is 57.4 cm³/mol. The Morgan fingerprint density at radius 1 is 0.917 bits per heavy atom. The van der Waals surface area contributed by atoms with E-state index in [9.17, 15) is 0 Å². The average molecular weight is 169 g/mol. The van der Waals surface area contributed by atoms with Crippen LogP contribution < -0.4 is 0 Å². The number of hydrogen-bond donors (Lipinski definition) is 0. The molecule has 4 radical (unpaired) electrons. The molecule has 0 spiro atoms. The summed E-state index contributed by atoms with van der Waals surface area (Å²) in [6.45, 7) is 10.8. The summed E-state index contributed by atoms with van der Waals surface area (Å²) in [6.07, 6.45) is 4.02. The molecular formula is C10H24BN. The van der Waals surface area contributed by atoms with Crippen LogP contribution in [0.4, 0.5) is 0 Å². The zero-order chi connectivity index (χ0) is 8.74. The molecular weight excluding hydrogens is 145 g/mol. The molecule has 1 atom stereocenters. The minimum Gasteiger partial charge on any atom is -1.00 e. The van der Waals surface area contributed by atoms with Gasteiger partial charge in [-0.05, 0) is 19.8 Å². The van der Waals surface area contributed by atoms with Gasteiger partial charge in [0.05, 0.1) is 26.7 Å². The standard InChI is InChI=1S/C10H24N.B/c1-5-8-10-11(4,7-3)9-6-2;/h5-10H2,1-4H3;/q+1;-1. The highest BCUT2D eigenvalue weighted by molar-refractivity contribution is 5.75. The fourth-order valence-corrected chi connectivity index (χ4v) is 1.51. The van der Waals surface area contributed by atoms with Gasteiger partial charge >= 0.3 is 0 Å². The topological polar surface area (TPSA) is 0 Å². The summed E-state index contributed by atoms with van der Waals surface area (Å²) in [5, 5.41) is 0. The Hall–Kier alpha value is 0.0249. The van der Waals surface area contributed by atoms with Gasteiger partial charge in [0, 0.05) is 0 Å². The smallest absolute Gasteiger partial charge is 0.0784 e. The summed E-state index contributed by atoms with van der Waals surface area (Å²) < 4.78 is 1.27. The van der Waals surface area contributed by atoms with Crippen molar-refractivity contribution in [3.63, 3.8) is 0 Å². The van der Waals surface area contributed by atoms with E-state index in [1.54, 1.807) is 0 Å². The van der Waals surface area contributed by atoms with E-state index in [2.05, 4.69) is 27.8 Å². The van der Waals surface area contributed by atoms with Gasteiger partial charge in [-0.2, -0.15) is 0 Å². The summed E-state index contributed by atoms with van der Waals surface area (Å²) >= 11 is 0. The molecule has 1 unspecified atom stereocenters. The van der Waals surface area contributed by atoms with Crippen molar-refractivity contribution in [2.24, 2.45) is 0 Å². The van der Waals surface area contributed by atoms with Crippen molar-refractivity contribution in [2.45, 2.75) is 40.0 Å². The van der Waals surface area contributed by atoms with Crippen molar-refractivity contribution >= 4 is 8.41 Å². The maximum atomic E-state index is 2.37. The molecule has 0 aromatic heterocycles. The lowest BCUT2D eigenvalue weighted by Crippen LogP contribution is -2.45. The van der Waals surface area contributed by atoms with Crippen LogP contribution in [0.15, 0.2) is 0 Å². The second-order valence-corrected chi connectivity index (χ2v) is 3.74. The largest absolute Gasteiger partial charge is 1.00 e. The molecule has 0 saturated heterocycles. The Kier molecular flexibility index (Phi) is 9.29. The first-order valence-electron chi connectivity index (χ1n) is 5.02. The fraction of sp³-hybridized carbons (Fsp3) is 1.00. The Balaban J connectivity index is 0. The quantitative estimate of drug-likeness (QED) is 0.422. The molecule has 0 N–H and O–H groups in total. The third-order valence-electron chi connectivity index (χ3n) is 2.58. The molecule has 0 aliphatic rings. The SMILES string of the molecule is CCCC[N+](C)(CC)CCC.[B-]. The molecule has 0 aromatic rings. The second-order valence-electron chi connectivity index (χ2n) is 3.74. The predicted octanol–water partition coefficient (Wildman–Crippen LogP) is 2.28. The van der Waals surface area contributed by atoms with Crippen LogP contribution in [0.5, 0.6) is 0 Å². The molecule has 0 aliphatic heterocycles. The van der Waals surface area contributed by atoms with Crippen molar-refractivity contribution in [3.05, 3.63) is 0 Å². The molecule has 0 rings (SSSR count). The van der Waals surface area contributed by atoms with Crippen molar-refractivity contribution in [1.29, 1.82) is 0 Å². The van der Waals surface area contributed by atoms with Crippen molar-refractivity contribution in [3.8, 4) is 0 Å². The van der Waals surface area contributed by atoms with Crippen LogP contribution >= 0.6 is 0 Å². The molecule has 0 aliphatic carbocycles. The molecule has 0 saturated carbocycles. The number of rotatable bonds is 6. The highest BCUT2D eigenvalue weighted by atomic mass is 15.3. The van der Waals surface area contributed by atoms with Crippen LogP contribution in [0.3, 0.4) is 0 Å². The monoisotopic (exact) mass is 169 g/mol. The molecule has 0 aromatic carbocycles. The van der Waals surface area contributed by atoms with E-state index in [0.29, 0.717) is 0 Å². The van der Waals surface area contributed by atoms with Crippen molar-refractivity contribution < 1.29 is 4.48 Å². The summed E-state index contributed by atoms with van der Waals surface area (Å²) in [7, 11) is 2.37. The van der Waals surface area contributed by atoms with Crippen LogP contribution in [-0.4, -0.2) is 39.6 Å². The first kappa shape index (κ1) is 14.5. The number of quaternary nitrogens is 1. The van der Waals surface area contributed by atoms with Gasteiger partial charge in [0.2, 0.25) is 0 Å². The number of unbranched alkanes of at least 4 members (excludes halogenated alkanes) is 1. The van der Waals surface area contributed by atoms with Gasteiger partial charge in [-0.15, -0.1) is 0 Å². The second kappa shape index (κ2) is 7.66. The van der Waals surface area contributed by atoms with E-state index in [1.165, 1.54) is 43.4 Å². The van der Waals surface area contributed by atoms with Crippen LogP contribution in [0, 0.1) is 0 Å². The van der Waals surface area contributed by atoms with E-state index in [4.69, 9.17) is 0 Å². The molecule has 0 amide bonds. The van der Waals surface area contributed by atoms with Crippen LogP contribution in [0.1, 0.15) is 40.0 Å². The minimum atomic E-state index is 0. The normalized spacial score (nSPS) is 15.0. The summed E-state index contributed by atoms with van der Waals surface area (Å²) in [4.78, 5) is 0. The van der Waals surface area contributed by atoms with Gasteiger partial charge in [0.25, 0.3) is 0 Å². The maximum absolute atomic E-state index is 2.37. The van der Waals surface area contributed by atoms with Gasteiger partial charge < -0.3 is 12.9 Å². The van der Waals surface area contributed by atoms with Gasteiger partial charge in [-0.1, -0.05) is 20.3 Å². The maximum Gasteiger partial charge on any atom is 0.0784 e. The molecule has 0 heterocycles. The van der Waals surface area contributed by atoms with E-state index in [-0.39, 0.29) is 8.41 Å². The fourth-order valence-electron chi connectivity index (χ4n) is 1.51. The van der Waals surface area contributed by atoms with E-state index < -0.39 is 0 Å². The van der Waals surface area contributed by atoms with Gasteiger partial charge in [-0.3, -0.25) is 0 Å². The van der Waals surface area contributed by atoms with Crippen molar-refractivity contribution in [2.75, 3.05) is 26.7 Å². The molecule has 72 valence electrons. The third-order valence-corrected chi connectivity index (χ3v) is 2.58. The Morgan fingerprint density at radius 3 is 1.83 bits per heavy atom. The number of nitrogens with zero attached hydrogens (tertiary/aromatic N) is 1. The van der Waals surface area contributed by atoms with Gasteiger partial charge in [-0.25, -0.2) is 0 Å². The highest BCUT2D eigenvalue weighted by Gasteiger charge is 2.15. The van der Waals surface area contributed by atoms with Gasteiger partial charge in [0.15, 0.2) is 0 Å². The molecule has 2 heteroatoms.